The van der Waals surface area contributed by atoms with Crippen molar-refractivity contribution in [3.63, 3.8) is 0 Å². The van der Waals surface area contributed by atoms with E-state index < -0.39 is 0 Å². The number of benzene rings is 1. The Kier molecular flexibility index (Phi) is 5.82. The highest BCUT2D eigenvalue weighted by Crippen LogP contribution is 2.32. The van der Waals surface area contributed by atoms with E-state index in [9.17, 15) is 4.79 Å². The number of rotatable bonds is 7. The van der Waals surface area contributed by atoms with Crippen LogP contribution in [0.1, 0.15) is 25.5 Å². The maximum Gasteiger partial charge on any atom is 0.226 e. The van der Waals surface area contributed by atoms with Gasteiger partial charge in [-0.1, -0.05) is 12.1 Å². The van der Waals surface area contributed by atoms with Gasteiger partial charge in [-0.2, -0.15) is 0 Å². The Hall–Kier alpha value is -1.92. The smallest absolute Gasteiger partial charge is 0.226 e. The van der Waals surface area contributed by atoms with Crippen molar-refractivity contribution in [3.8, 4) is 16.3 Å². The second-order valence-electron chi connectivity index (χ2n) is 5.69. The second-order valence-corrected chi connectivity index (χ2v) is 6.55. The molecule has 0 aliphatic carbocycles. The summed E-state index contributed by atoms with van der Waals surface area (Å²) >= 11 is 1.53. The number of thiazole rings is 1. The van der Waals surface area contributed by atoms with Crippen LogP contribution < -0.4 is 10.1 Å². The van der Waals surface area contributed by atoms with Crippen LogP contribution in [-0.2, 0) is 16.0 Å². The van der Waals surface area contributed by atoms with E-state index in [1.807, 2.05) is 36.6 Å². The number of ether oxygens (including phenoxy) is 2. The second kappa shape index (κ2) is 8.26. The maximum atomic E-state index is 12.1. The minimum atomic E-state index is -0.0135. The Morgan fingerprint density at radius 1 is 1.46 bits per heavy atom. The van der Waals surface area contributed by atoms with Gasteiger partial charge in [0.05, 0.1) is 30.4 Å². The van der Waals surface area contributed by atoms with Crippen molar-refractivity contribution in [3.05, 3.63) is 35.3 Å². The number of para-hydroxylation sites is 1. The van der Waals surface area contributed by atoms with Crippen molar-refractivity contribution in [1.82, 2.24) is 10.3 Å². The first-order valence-corrected chi connectivity index (χ1v) is 9.19. The number of hydrogen-bond acceptors (Lipinski definition) is 5. The summed E-state index contributed by atoms with van der Waals surface area (Å²) in [6, 6.07) is 7.84. The molecule has 1 saturated heterocycles. The fraction of sp³-hybridized carbons (Fsp3) is 0.444. The van der Waals surface area contributed by atoms with Gasteiger partial charge in [-0.15, -0.1) is 11.3 Å². The number of nitrogens with one attached hydrogen (secondary N) is 1. The van der Waals surface area contributed by atoms with Gasteiger partial charge in [0.2, 0.25) is 5.91 Å². The lowest BCUT2D eigenvalue weighted by Gasteiger charge is -2.10. The lowest BCUT2D eigenvalue weighted by atomic mass is 10.2. The van der Waals surface area contributed by atoms with E-state index >= 15 is 0 Å². The molecule has 128 valence electrons. The van der Waals surface area contributed by atoms with Crippen LogP contribution >= 0.6 is 11.3 Å². The van der Waals surface area contributed by atoms with Crippen molar-refractivity contribution in [1.29, 1.82) is 0 Å². The van der Waals surface area contributed by atoms with Gasteiger partial charge < -0.3 is 14.8 Å². The predicted molar refractivity (Wildman–Crippen MR) is 94.4 cm³/mol. The monoisotopic (exact) mass is 346 g/mol. The van der Waals surface area contributed by atoms with Crippen LogP contribution in [0.25, 0.3) is 10.6 Å². The van der Waals surface area contributed by atoms with Crippen LogP contribution in [0.4, 0.5) is 0 Å². The summed E-state index contributed by atoms with van der Waals surface area (Å²) < 4.78 is 11.2. The first kappa shape index (κ1) is 16.9. The molecule has 1 aliphatic rings. The lowest BCUT2D eigenvalue weighted by molar-refractivity contribution is -0.121. The zero-order valence-corrected chi connectivity index (χ0v) is 14.6. The maximum absolute atomic E-state index is 12.1. The van der Waals surface area contributed by atoms with Crippen molar-refractivity contribution in [2.45, 2.75) is 32.3 Å². The zero-order chi connectivity index (χ0) is 16.8. The molecule has 3 rings (SSSR count). The van der Waals surface area contributed by atoms with Gasteiger partial charge in [-0.05, 0) is 31.9 Å². The van der Waals surface area contributed by atoms with E-state index in [0.717, 1.165) is 41.5 Å². The molecule has 24 heavy (non-hydrogen) atoms. The van der Waals surface area contributed by atoms with E-state index in [2.05, 4.69) is 10.3 Å². The van der Waals surface area contributed by atoms with Crippen molar-refractivity contribution < 1.29 is 14.3 Å². The fourth-order valence-electron chi connectivity index (χ4n) is 2.70. The minimum absolute atomic E-state index is 0.0135. The fourth-order valence-corrected chi connectivity index (χ4v) is 3.55. The van der Waals surface area contributed by atoms with Gasteiger partial charge in [-0.25, -0.2) is 4.98 Å². The quantitative estimate of drug-likeness (QED) is 0.837. The van der Waals surface area contributed by atoms with Crippen LogP contribution in [0.2, 0.25) is 0 Å². The first-order chi connectivity index (χ1) is 11.8. The average molecular weight is 346 g/mol. The average Bonchev–Trinajstić information content (AvgIpc) is 3.25. The summed E-state index contributed by atoms with van der Waals surface area (Å²) in [5.41, 5.74) is 1.75. The third kappa shape index (κ3) is 4.33. The Balaban J connectivity index is 1.60. The molecule has 6 heteroatoms. The number of carbonyl (C=O) groups is 1. The van der Waals surface area contributed by atoms with Crippen LogP contribution in [0.5, 0.6) is 5.75 Å². The third-order valence-electron chi connectivity index (χ3n) is 3.86. The topological polar surface area (TPSA) is 60.5 Å². The highest BCUT2D eigenvalue weighted by Gasteiger charge is 2.17. The summed E-state index contributed by atoms with van der Waals surface area (Å²) in [5.74, 6) is 0.809. The lowest BCUT2D eigenvalue weighted by Crippen LogP contribution is -2.32. The molecule has 2 heterocycles. The molecule has 0 spiro atoms. The summed E-state index contributed by atoms with van der Waals surface area (Å²) in [7, 11) is 0. The molecule has 5 nitrogen and oxygen atoms in total. The molecule has 0 bridgehead atoms. The molecular weight excluding hydrogens is 324 g/mol. The SMILES string of the molecule is CCOc1ccccc1-c1nc(CC(=O)NC[C@H]2CCCO2)cs1. The van der Waals surface area contributed by atoms with Crippen molar-refractivity contribution in [2.75, 3.05) is 19.8 Å². The molecule has 1 atom stereocenters. The van der Waals surface area contributed by atoms with E-state index in [4.69, 9.17) is 9.47 Å². The van der Waals surface area contributed by atoms with E-state index in [1.54, 1.807) is 0 Å². The molecule has 2 aromatic rings. The van der Waals surface area contributed by atoms with Crippen molar-refractivity contribution >= 4 is 17.2 Å². The van der Waals surface area contributed by atoms with Crippen molar-refractivity contribution in [2.24, 2.45) is 0 Å². The van der Waals surface area contributed by atoms with Gasteiger partial charge >= 0.3 is 0 Å². The molecule has 0 saturated carbocycles. The highest BCUT2D eigenvalue weighted by atomic mass is 32.1. The Morgan fingerprint density at radius 3 is 3.12 bits per heavy atom. The van der Waals surface area contributed by atoms with Crippen LogP contribution in [-0.4, -0.2) is 36.8 Å². The van der Waals surface area contributed by atoms with Gasteiger partial charge in [0.25, 0.3) is 0 Å². The molecule has 1 aromatic heterocycles. The predicted octanol–water partition coefficient (Wildman–Crippen LogP) is 3.05. The van der Waals surface area contributed by atoms with Gasteiger partial charge in [0.1, 0.15) is 10.8 Å². The van der Waals surface area contributed by atoms with Crippen LogP contribution in [0, 0.1) is 0 Å². The number of aromatic nitrogens is 1. The van der Waals surface area contributed by atoms with Crippen LogP contribution in [0.15, 0.2) is 29.6 Å². The summed E-state index contributed by atoms with van der Waals surface area (Å²) in [6.45, 7) is 3.96. The van der Waals surface area contributed by atoms with Gasteiger partial charge in [0.15, 0.2) is 0 Å². The van der Waals surface area contributed by atoms with Gasteiger partial charge in [-0.3, -0.25) is 4.79 Å². The molecule has 1 fully saturated rings. The van der Waals surface area contributed by atoms with Gasteiger partial charge in [0, 0.05) is 18.5 Å². The number of nitrogens with zero attached hydrogens (tertiary/aromatic N) is 1. The molecule has 0 radical (unpaired) electrons. The Morgan fingerprint density at radius 2 is 2.33 bits per heavy atom. The molecular formula is C18H22N2O3S. The molecule has 1 aliphatic heterocycles. The highest BCUT2D eigenvalue weighted by molar-refractivity contribution is 7.13. The molecule has 1 aromatic carbocycles. The van der Waals surface area contributed by atoms with E-state index in [0.29, 0.717) is 19.6 Å². The number of amides is 1. The first-order valence-electron chi connectivity index (χ1n) is 8.31. The van der Waals surface area contributed by atoms with E-state index in [-0.39, 0.29) is 12.0 Å². The van der Waals surface area contributed by atoms with Crippen LogP contribution in [0.3, 0.4) is 0 Å². The summed E-state index contributed by atoms with van der Waals surface area (Å²) in [4.78, 5) is 16.6. The standard InChI is InChI=1S/C18H22N2O3S/c1-2-22-16-8-4-3-7-15(16)18-20-13(12-24-18)10-17(21)19-11-14-6-5-9-23-14/h3-4,7-8,12,14H,2,5-6,9-11H2,1H3,(H,19,21)/t14-/m1/s1. The van der Waals surface area contributed by atoms with E-state index in [1.165, 1.54) is 11.3 Å². The Labute approximate surface area is 146 Å². The normalized spacial score (nSPS) is 17.0. The zero-order valence-electron chi connectivity index (χ0n) is 13.8. The number of carbonyl (C=O) groups excluding carboxylic acids is 1. The largest absolute Gasteiger partial charge is 0.493 e. The molecule has 1 amide bonds. The summed E-state index contributed by atoms with van der Waals surface area (Å²) in [6.07, 6.45) is 2.56. The third-order valence-corrected chi connectivity index (χ3v) is 4.79. The molecule has 0 unspecified atom stereocenters. The summed E-state index contributed by atoms with van der Waals surface area (Å²) in [5, 5.41) is 5.74. The number of hydrogen-bond donors (Lipinski definition) is 1. The minimum Gasteiger partial charge on any atom is -0.493 e. The Bertz CT molecular complexity index is 680. The molecule has 1 N–H and O–H groups in total.